The van der Waals surface area contributed by atoms with Gasteiger partial charge in [0.1, 0.15) is 0 Å². The lowest BCUT2D eigenvalue weighted by molar-refractivity contribution is 0.316. The molecule has 27 heavy (non-hydrogen) atoms. The van der Waals surface area contributed by atoms with Crippen LogP contribution in [0.5, 0.6) is 0 Å². The molecule has 0 atom stereocenters. The Labute approximate surface area is 170 Å². The third-order valence-corrected chi connectivity index (χ3v) is 5.56. The molecule has 0 N–H and O–H groups in total. The molecular formula is C26H45N. The summed E-state index contributed by atoms with van der Waals surface area (Å²) in [5.74, 6) is 0. The molecule has 0 saturated heterocycles. The molecule has 0 aliphatic carbocycles. The molecule has 0 saturated carbocycles. The van der Waals surface area contributed by atoms with Crippen LogP contribution in [-0.4, -0.2) is 18.5 Å². The van der Waals surface area contributed by atoms with Crippen LogP contribution < -0.4 is 0 Å². The largest absolute Gasteiger partial charge is 0.302 e. The van der Waals surface area contributed by atoms with Crippen molar-refractivity contribution in [2.75, 3.05) is 13.6 Å². The zero-order valence-corrected chi connectivity index (χ0v) is 18.4. The minimum Gasteiger partial charge on any atom is -0.302 e. The summed E-state index contributed by atoms with van der Waals surface area (Å²) in [6.45, 7) is 8.37. The van der Waals surface area contributed by atoms with E-state index in [9.17, 15) is 0 Å². The number of hydrogen-bond donors (Lipinski definition) is 0. The molecule has 0 unspecified atom stereocenters. The first-order valence-electron chi connectivity index (χ1n) is 11.7. The van der Waals surface area contributed by atoms with Gasteiger partial charge < -0.3 is 4.90 Å². The average molecular weight is 372 g/mol. The highest BCUT2D eigenvalue weighted by Gasteiger charge is 2.00. The second kappa shape index (κ2) is 17.0. The van der Waals surface area contributed by atoms with Gasteiger partial charge >= 0.3 is 0 Å². The van der Waals surface area contributed by atoms with Gasteiger partial charge in [-0.2, -0.15) is 0 Å². The second-order valence-corrected chi connectivity index (χ2v) is 8.28. The lowest BCUT2D eigenvalue weighted by Gasteiger charge is -2.16. The van der Waals surface area contributed by atoms with Gasteiger partial charge in [0.15, 0.2) is 0 Å². The fraction of sp³-hybridized carbons (Fsp3) is 0.692. The molecule has 0 fully saturated rings. The zero-order chi connectivity index (χ0) is 19.6. The fourth-order valence-electron chi connectivity index (χ4n) is 3.73. The van der Waals surface area contributed by atoms with Gasteiger partial charge in [-0.15, -0.1) is 0 Å². The quantitative estimate of drug-likeness (QED) is 0.235. The highest BCUT2D eigenvalue weighted by Crippen LogP contribution is 2.13. The maximum absolute atomic E-state index is 3.81. The van der Waals surface area contributed by atoms with E-state index in [0.29, 0.717) is 0 Å². The summed E-state index contributed by atoms with van der Waals surface area (Å²) < 4.78 is 0. The number of nitrogens with zero attached hydrogens (tertiary/aromatic N) is 1. The van der Waals surface area contributed by atoms with Crippen molar-refractivity contribution in [3.8, 4) is 0 Å². The Morgan fingerprint density at radius 1 is 0.704 bits per heavy atom. The van der Waals surface area contributed by atoms with Crippen LogP contribution >= 0.6 is 0 Å². The minimum absolute atomic E-state index is 1.05. The molecule has 154 valence electrons. The fourth-order valence-corrected chi connectivity index (χ4v) is 3.73. The predicted octanol–water partition coefficient (Wildman–Crippen LogP) is 8.24. The van der Waals surface area contributed by atoms with E-state index in [-0.39, 0.29) is 0 Å². The first-order valence-corrected chi connectivity index (χ1v) is 11.7. The van der Waals surface area contributed by atoms with E-state index in [0.717, 1.165) is 6.54 Å². The van der Waals surface area contributed by atoms with Gasteiger partial charge in [-0.3, -0.25) is 0 Å². The standard InChI is InChI=1S/C26H45N/c1-4-6-7-8-9-10-11-12-13-14-15-16-17-18-23-27(3)24-26-21-19-25(5-2)20-22-26/h5,19-22H,2,4,6-18,23-24H2,1,3H3. The van der Waals surface area contributed by atoms with Crippen molar-refractivity contribution in [3.63, 3.8) is 0 Å². The van der Waals surface area contributed by atoms with Gasteiger partial charge in [0, 0.05) is 6.54 Å². The van der Waals surface area contributed by atoms with E-state index in [1.807, 2.05) is 6.08 Å². The zero-order valence-electron chi connectivity index (χ0n) is 18.4. The monoisotopic (exact) mass is 371 g/mol. The molecule has 1 nitrogen and oxygen atoms in total. The van der Waals surface area contributed by atoms with Crippen LogP contribution in [-0.2, 0) is 6.54 Å². The van der Waals surface area contributed by atoms with Gasteiger partial charge in [-0.1, -0.05) is 127 Å². The summed E-state index contributed by atoms with van der Waals surface area (Å²) in [5, 5.41) is 0. The van der Waals surface area contributed by atoms with Gasteiger partial charge in [-0.05, 0) is 31.1 Å². The minimum atomic E-state index is 1.05. The van der Waals surface area contributed by atoms with Gasteiger partial charge in [-0.25, -0.2) is 0 Å². The van der Waals surface area contributed by atoms with Crippen molar-refractivity contribution in [3.05, 3.63) is 42.0 Å². The molecule has 1 rings (SSSR count). The van der Waals surface area contributed by atoms with Crippen LogP contribution in [0.15, 0.2) is 30.8 Å². The Morgan fingerprint density at radius 2 is 1.15 bits per heavy atom. The van der Waals surface area contributed by atoms with E-state index in [2.05, 4.69) is 49.7 Å². The Hall–Kier alpha value is -1.08. The van der Waals surface area contributed by atoms with Gasteiger partial charge in [0.2, 0.25) is 0 Å². The summed E-state index contributed by atoms with van der Waals surface area (Å²) >= 11 is 0. The molecule has 0 aromatic heterocycles. The van der Waals surface area contributed by atoms with Crippen LogP contribution in [0.4, 0.5) is 0 Å². The van der Waals surface area contributed by atoms with Crippen LogP contribution in [0.2, 0.25) is 0 Å². The van der Waals surface area contributed by atoms with E-state index < -0.39 is 0 Å². The van der Waals surface area contributed by atoms with E-state index in [4.69, 9.17) is 0 Å². The van der Waals surface area contributed by atoms with Crippen molar-refractivity contribution in [2.45, 2.75) is 103 Å². The lowest BCUT2D eigenvalue weighted by atomic mass is 10.0. The SMILES string of the molecule is C=Cc1ccc(CN(C)CCCCCCCCCCCCCCCC)cc1. The molecular weight excluding hydrogens is 326 g/mol. The summed E-state index contributed by atoms with van der Waals surface area (Å²) in [6.07, 6.45) is 21.9. The summed E-state index contributed by atoms with van der Waals surface area (Å²) in [4.78, 5) is 2.45. The van der Waals surface area contributed by atoms with E-state index >= 15 is 0 Å². The first kappa shape index (κ1) is 24.0. The molecule has 1 heteroatoms. The topological polar surface area (TPSA) is 3.24 Å². The highest BCUT2D eigenvalue weighted by molar-refractivity contribution is 5.47. The van der Waals surface area contributed by atoms with Gasteiger partial charge in [0.05, 0.1) is 0 Å². The lowest BCUT2D eigenvalue weighted by Crippen LogP contribution is -2.19. The summed E-state index contributed by atoms with van der Waals surface area (Å²) in [7, 11) is 2.24. The number of benzene rings is 1. The Balaban J connectivity index is 1.86. The van der Waals surface area contributed by atoms with Crippen LogP contribution in [0.1, 0.15) is 108 Å². The maximum Gasteiger partial charge on any atom is 0.0230 e. The normalized spacial score (nSPS) is 11.2. The number of rotatable bonds is 18. The molecule has 0 spiro atoms. The second-order valence-electron chi connectivity index (χ2n) is 8.28. The molecule has 0 bridgehead atoms. The van der Waals surface area contributed by atoms with Crippen LogP contribution in [0.3, 0.4) is 0 Å². The van der Waals surface area contributed by atoms with Crippen LogP contribution in [0.25, 0.3) is 6.08 Å². The molecule has 0 radical (unpaired) electrons. The first-order chi connectivity index (χ1) is 13.3. The molecule has 1 aromatic rings. The van der Waals surface area contributed by atoms with Crippen molar-refractivity contribution < 1.29 is 0 Å². The summed E-state index contributed by atoms with van der Waals surface area (Å²) in [5.41, 5.74) is 2.60. The van der Waals surface area contributed by atoms with E-state index in [1.54, 1.807) is 0 Å². The van der Waals surface area contributed by atoms with Crippen molar-refractivity contribution in [1.29, 1.82) is 0 Å². The average Bonchev–Trinajstić information content (AvgIpc) is 2.69. The molecule has 0 aliphatic heterocycles. The van der Waals surface area contributed by atoms with Crippen molar-refractivity contribution in [2.24, 2.45) is 0 Å². The maximum atomic E-state index is 3.81. The predicted molar refractivity (Wildman–Crippen MR) is 123 cm³/mol. The van der Waals surface area contributed by atoms with E-state index in [1.165, 1.54) is 108 Å². The Kier molecular flexibility index (Phi) is 15.1. The van der Waals surface area contributed by atoms with Gasteiger partial charge in [0.25, 0.3) is 0 Å². The Bertz CT molecular complexity index is 448. The smallest absolute Gasteiger partial charge is 0.0230 e. The third kappa shape index (κ3) is 13.7. The Morgan fingerprint density at radius 3 is 1.59 bits per heavy atom. The van der Waals surface area contributed by atoms with Crippen LogP contribution in [0, 0.1) is 0 Å². The third-order valence-electron chi connectivity index (χ3n) is 5.56. The van der Waals surface area contributed by atoms with Crippen molar-refractivity contribution >= 4 is 6.08 Å². The number of hydrogen-bond acceptors (Lipinski definition) is 1. The molecule has 0 amide bonds. The summed E-state index contributed by atoms with van der Waals surface area (Å²) in [6, 6.07) is 8.75. The molecule has 0 aliphatic rings. The van der Waals surface area contributed by atoms with Crippen molar-refractivity contribution in [1.82, 2.24) is 4.90 Å². The molecule has 1 aromatic carbocycles. The molecule has 0 heterocycles. The highest BCUT2D eigenvalue weighted by atomic mass is 15.1. The number of unbranched alkanes of at least 4 members (excludes halogenated alkanes) is 13.